The van der Waals surface area contributed by atoms with Crippen LogP contribution in [0, 0.1) is 0 Å². The van der Waals surface area contributed by atoms with Gasteiger partial charge in [0, 0.05) is 24.4 Å². The van der Waals surface area contributed by atoms with Gasteiger partial charge in [-0.15, -0.1) is 0 Å². The van der Waals surface area contributed by atoms with Crippen LogP contribution in [0.5, 0.6) is 11.5 Å². The predicted octanol–water partition coefficient (Wildman–Crippen LogP) is 2.84. The molecule has 0 radical (unpaired) electrons. The summed E-state index contributed by atoms with van der Waals surface area (Å²) >= 11 is 0. The van der Waals surface area contributed by atoms with E-state index in [2.05, 4.69) is 10.3 Å². The second-order valence-corrected chi connectivity index (χ2v) is 5.08. The van der Waals surface area contributed by atoms with Gasteiger partial charge < -0.3 is 19.4 Å². The molecule has 6 heteroatoms. The number of amides is 1. The average molecular weight is 311 g/mol. The predicted molar refractivity (Wildman–Crippen MR) is 88.2 cm³/mol. The number of nitrogens with zero attached hydrogens (tertiary/aromatic N) is 2. The van der Waals surface area contributed by atoms with Crippen LogP contribution in [0.1, 0.15) is 10.4 Å². The number of nitrogens with one attached hydrogen (secondary N) is 1. The zero-order valence-electron chi connectivity index (χ0n) is 13.2. The third kappa shape index (κ3) is 2.83. The summed E-state index contributed by atoms with van der Waals surface area (Å²) < 4.78 is 12.3. The van der Waals surface area contributed by atoms with Crippen molar-refractivity contribution in [2.24, 2.45) is 7.05 Å². The zero-order chi connectivity index (χ0) is 16.4. The SMILES string of the molecule is COc1ccc(NC(=O)c2ccc3c(c2)ncn3C)cc1OC. The summed E-state index contributed by atoms with van der Waals surface area (Å²) in [6.07, 6.45) is 1.72. The molecular formula is C17H17N3O3. The Balaban J connectivity index is 1.85. The van der Waals surface area contributed by atoms with Gasteiger partial charge in [-0.25, -0.2) is 4.98 Å². The average Bonchev–Trinajstić information content (AvgIpc) is 2.95. The fourth-order valence-corrected chi connectivity index (χ4v) is 2.39. The number of hydrogen-bond donors (Lipinski definition) is 1. The molecule has 0 aliphatic heterocycles. The molecule has 2 aromatic carbocycles. The van der Waals surface area contributed by atoms with Crippen LogP contribution in [0.25, 0.3) is 11.0 Å². The first-order valence-electron chi connectivity index (χ1n) is 7.07. The number of anilines is 1. The molecule has 6 nitrogen and oxygen atoms in total. The summed E-state index contributed by atoms with van der Waals surface area (Å²) in [7, 11) is 5.04. The second-order valence-electron chi connectivity index (χ2n) is 5.08. The maximum atomic E-state index is 12.4. The fraction of sp³-hybridized carbons (Fsp3) is 0.176. The summed E-state index contributed by atoms with van der Waals surface area (Å²) in [6, 6.07) is 10.7. The molecule has 1 amide bonds. The monoisotopic (exact) mass is 311 g/mol. The highest BCUT2D eigenvalue weighted by molar-refractivity contribution is 6.06. The Labute approximate surface area is 133 Å². The number of imidazole rings is 1. The smallest absolute Gasteiger partial charge is 0.255 e. The summed E-state index contributed by atoms with van der Waals surface area (Å²) in [6.45, 7) is 0. The molecule has 0 saturated heterocycles. The topological polar surface area (TPSA) is 65.4 Å². The quantitative estimate of drug-likeness (QED) is 0.804. The lowest BCUT2D eigenvalue weighted by Gasteiger charge is -2.10. The van der Waals surface area contributed by atoms with Crippen molar-refractivity contribution >= 4 is 22.6 Å². The molecule has 1 heterocycles. The molecule has 3 rings (SSSR count). The van der Waals surface area contributed by atoms with E-state index in [0.29, 0.717) is 22.7 Å². The number of ether oxygens (including phenoxy) is 2. The molecule has 0 fully saturated rings. The Morgan fingerprint density at radius 2 is 1.87 bits per heavy atom. The van der Waals surface area contributed by atoms with E-state index in [1.165, 1.54) is 0 Å². The highest BCUT2D eigenvalue weighted by atomic mass is 16.5. The van der Waals surface area contributed by atoms with Crippen molar-refractivity contribution in [1.29, 1.82) is 0 Å². The Morgan fingerprint density at radius 3 is 2.61 bits per heavy atom. The van der Waals surface area contributed by atoms with Crippen LogP contribution in [-0.4, -0.2) is 29.7 Å². The first-order valence-corrected chi connectivity index (χ1v) is 7.07. The molecule has 0 unspecified atom stereocenters. The number of hydrogen-bond acceptors (Lipinski definition) is 4. The Hall–Kier alpha value is -3.02. The van der Waals surface area contributed by atoms with Gasteiger partial charge in [0.25, 0.3) is 5.91 Å². The van der Waals surface area contributed by atoms with E-state index < -0.39 is 0 Å². The van der Waals surface area contributed by atoms with Crippen LogP contribution in [-0.2, 0) is 7.05 Å². The van der Waals surface area contributed by atoms with Crippen molar-refractivity contribution in [3.63, 3.8) is 0 Å². The van der Waals surface area contributed by atoms with Crippen molar-refractivity contribution in [3.8, 4) is 11.5 Å². The van der Waals surface area contributed by atoms with Crippen LogP contribution in [0.15, 0.2) is 42.7 Å². The van der Waals surface area contributed by atoms with Crippen molar-refractivity contribution in [3.05, 3.63) is 48.3 Å². The van der Waals surface area contributed by atoms with Gasteiger partial charge in [0.1, 0.15) is 0 Å². The summed E-state index contributed by atoms with van der Waals surface area (Å²) in [4.78, 5) is 16.7. The van der Waals surface area contributed by atoms with Crippen LogP contribution in [0.3, 0.4) is 0 Å². The van der Waals surface area contributed by atoms with Gasteiger partial charge in [0.2, 0.25) is 0 Å². The van der Waals surface area contributed by atoms with Gasteiger partial charge in [-0.1, -0.05) is 0 Å². The highest BCUT2D eigenvalue weighted by Crippen LogP contribution is 2.30. The van der Waals surface area contributed by atoms with E-state index in [-0.39, 0.29) is 5.91 Å². The Bertz CT molecular complexity index is 871. The molecule has 0 aliphatic rings. The molecule has 0 aliphatic carbocycles. The minimum absolute atomic E-state index is 0.204. The molecule has 118 valence electrons. The van der Waals surface area contributed by atoms with Crippen molar-refractivity contribution < 1.29 is 14.3 Å². The second kappa shape index (κ2) is 6.00. The van der Waals surface area contributed by atoms with E-state index in [1.54, 1.807) is 50.9 Å². The Kier molecular flexibility index (Phi) is 3.89. The molecular weight excluding hydrogens is 294 g/mol. The number of aromatic nitrogens is 2. The van der Waals surface area contributed by atoms with Gasteiger partial charge in [-0.3, -0.25) is 4.79 Å². The lowest BCUT2D eigenvalue weighted by molar-refractivity contribution is 0.102. The number of methoxy groups -OCH3 is 2. The normalized spacial score (nSPS) is 10.6. The maximum Gasteiger partial charge on any atom is 0.255 e. The van der Waals surface area contributed by atoms with Gasteiger partial charge >= 0.3 is 0 Å². The number of benzene rings is 2. The molecule has 0 saturated carbocycles. The van der Waals surface area contributed by atoms with Crippen LogP contribution in [0.2, 0.25) is 0 Å². The van der Waals surface area contributed by atoms with E-state index in [1.807, 2.05) is 17.7 Å². The number of carbonyl (C=O) groups excluding carboxylic acids is 1. The summed E-state index contributed by atoms with van der Waals surface area (Å²) in [5.41, 5.74) is 2.94. The van der Waals surface area contributed by atoms with Crippen molar-refractivity contribution in [2.75, 3.05) is 19.5 Å². The molecule has 0 spiro atoms. The van der Waals surface area contributed by atoms with Crippen LogP contribution in [0.4, 0.5) is 5.69 Å². The molecule has 3 aromatic rings. The van der Waals surface area contributed by atoms with E-state index in [0.717, 1.165) is 11.0 Å². The minimum atomic E-state index is -0.204. The number of aryl methyl sites for hydroxylation is 1. The summed E-state index contributed by atoms with van der Waals surface area (Å²) in [5.74, 6) is 0.968. The number of rotatable bonds is 4. The van der Waals surface area contributed by atoms with E-state index in [4.69, 9.17) is 9.47 Å². The first-order chi connectivity index (χ1) is 11.1. The molecule has 0 atom stereocenters. The lowest BCUT2D eigenvalue weighted by Crippen LogP contribution is -2.12. The molecule has 1 aromatic heterocycles. The number of fused-ring (bicyclic) bond motifs is 1. The van der Waals surface area contributed by atoms with Gasteiger partial charge in [0.05, 0.1) is 31.6 Å². The first kappa shape index (κ1) is 14.9. The number of carbonyl (C=O) groups is 1. The molecule has 23 heavy (non-hydrogen) atoms. The summed E-state index contributed by atoms with van der Waals surface area (Å²) in [5, 5.41) is 2.85. The van der Waals surface area contributed by atoms with Crippen molar-refractivity contribution in [1.82, 2.24) is 9.55 Å². The largest absolute Gasteiger partial charge is 0.493 e. The lowest BCUT2D eigenvalue weighted by atomic mass is 10.1. The minimum Gasteiger partial charge on any atom is -0.493 e. The van der Waals surface area contributed by atoms with Gasteiger partial charge in [0.15, 0.2) is 11.5 Å². The van der Waals surface area contributed by atoms with Gasteiger partial charge in [-0.2, -0.15) is 0 Å². The van der Waals surface area contributed by atoms with E-state index in [9.17, 15) is 4.79 Å². The van der Waals surface area contributed by atoms with Crippen molar-refractivity contribution in [2.45, 2.75) is 0 Å². The highest BCUT2D eigenvalue weighted by Gasteiger charge is 2.11. The van der Waals surface area contributed by atoms with E-state index >= 15 is 0 Å². The molecule has 1 N–H and O–H groups in total. The van der Waals surface area contributed by atoms with Crippen LogP contribution >= 0.6 is 0 Å². The standard InChI is InChI=1S/C17H17N3O3/c1-20-10-18-13-8-11(4-6-14(13)20)17(21)19-12-5-7-15(22-2)16(9-12)23-3/h4-10H,1-3H3,(H,19,21). The third-order valence-corrected chi connectivity index (χ3v) is 3.63. The maximum absolute atomic E-state index is 12.4. The van der Waals surface area contributed by atoms with Crippen LogP contribution < -0.4 is 14.8 Å². The zero-order valence-corrected chi connectivity index (χ0v) is 13.2. The Morgan fingerprint density at radius 1 is 1.09 bits per heavy atom. The third-order valence-electron chi connectivity index (χ3n) is 3.63. The fourth-order valence-electron chi connectivity index (χ4n) is 2.39. The molecule has 0 bridgehead atoms. The van der Waals surface area contributed by atoms with Gasteiger partial charge in [-0.05, 0) is 30.3 Å².